The summed E-state index contributed by atoms with van der Waals surface area (Å²) in [7, 11) is 0.995. The van der Waals surface area contributed by atoms with Gasteiger partial charge in [-0.15, -0.1) is 0 Å². The highest BCUT2D eigenvalue weighted by Gasteiger charge is 2.29. The summed E-state index contributed by atoms with van der Waals surface area (Å²) in [6, 6.07) is 2.63. The Bertz CT molecular complexity index is 500. The van der Waals surface area contributed by atoms with Crippen LogP contribution in [0.5, 0.6) is 5.75 Å². The number of ether oxygens (including phenoxy) is 2. The molecule has 6 nitrogen and oxygen atoms in total. The van der Waals surface area contributed by atoms with Gasteiger partial charge in [0.15, 0.2) is 6.61 Å². The summed E-state index contributed by atoms with van der Waals surface area (Å²) in [5, 5.41) is 10.5. The molecule has 0 saturated carbocycles. The van der Waals surface area contributed by atoms with E-state index in [0.29, 0.717) is 0 Å². The molecule has 0 aliphatic carbocycles. The maximum Gasteiger partial charge on any atom is 0.422 e. The first kappa shape index (κ1) is 14.7. The number of non-ortho nitro benzene ring substituents is 1. The molecule has 0 spiro atoms. The van der Waals surface area contributed by atoms with Crippen LogP contribution in [0.2, 0.25) is 0 Å². The molecule has 19 heavy (non-hydrogen) atoms. The van der Waals surface area contributed by atoms with Crippen LogP contribution < -0.4 is 4.74 Å². The molecule has 1 aromatic carbocycles. The third-order valence-corrected chi connectivity index (χ3v) is 1.97. The van der Waals surface area contributed by atoms with E-state index in [1.165, 1.54) is 0 Å². The van der Waals surface area contributed by atoms with Crippen LogP contribution in [-0.4, -0.2) is 30.8 Å². The minimum atomic E-state index is -4.59. The van der Waals surface area contributed by atoms with E-state index in [0.717, 1.165) is 25.3 Å². The molecule has 0 aliphatic rings. The molecule has 0 amide bonds. The first-order chi connectivity index (χ1) is 8.74. The zero-order valence-electron chi connectivity index (χ0n) is 9.56. The number of nitrogens with zero attached hydrogens (tertiary/aromatic N) is 1. The highest BCUT2D eigenvalue weighted by atomic mass is 19.4. The summed E-state index contributed by atoms with van der Waals surface area (Å²) in [4.78, 5) is 21.1. The molecule has 0 atom stereocenters. The SMILES string of the molecule is COC(=O)c1cc([N+](=O)[O-])ccc1OCC(F)(F)F. The Labute approximate surface area is 104 Å². The van der Waals surface area contributed by atoms with Crippen molar-refractivity contribution in [2.75, 3.05) is 13.7 Å². The van der Waals surface area contributed by atoms with E-state index >= 15 is 0 Å². The predicted octanol–water partition coefficient (Wildman–Crippen LogP) is 2.32. The number of esters is 1. The number of hydrogen-bond donors (Lipinski definition) is 0. The van der Waals surface area contributed by atoms with Crippen LogP contribution in [0, 0.1) is 10.1 Å². The number of alkyl halides is 3. The van der Waals surface area contributed by atoms with Gasteiger partial charge in [-0.1, -0.05) is 0 Å². The number of hydrogen-bond acceptors (Lipinski definition) is 5. The van der Waals surface area contributed by atoms with Crippen LogP contribution in [0.15, 0.2) is 18.2 Å². The molecular weight excluding hydrogens is 271 g/mol. The summed E-state index contributed by atoms with van der Waals surface area (Å²) in [5.41, 5.74) is -0.902. The van der Waals surface area contributed by atoms with E-state index in [1.54, 1.807) is 0 Å². The van der Waals surface area contributed by atoms with Gasteiger partial charge in [-0.25, -0.2) is 4.79 Å². The predicted molar refractivity (Wildman–Crippen MR) is 56.0 cm³/mol. The van der Waals surface area contributed by atoms with Gasteiger partial charge in [0.2, 0.25) is 0 Å². The monoisotopic (exact) mass is 279 g/mol. The van der Waals surface area contributed by atoms with Gasteiger partial charge in [-0.2, -0.15) is 13.2 Å². The fraction of sp³-hybridized carbons (Fsp3) is 0.300. The van der Waals surface area contributed by atoms with Gasteiger partial charge < -0.3 is 9.47 Å². The second-order valence-corrected chi connectivity index (χ2v) is 3.33. The van der Waals surface area contributed by atoms with Crippen molar-refractivity contribution < 1.29 is 32.4 Å². The Hall–Kier alpha value is -2.32. The van der Waals surface area contributed by atoms with Crippen molar-refractivity contribution in [3.05, 3.63) is 33.9 Å². The van der Waals surface area contributed by atoms with Crippen LogP contribution in [0.1, 0.15) is 10.4 Å². The van der Waals surface area contributed by atoms with Gasteiger partial charge in [-0.05, 0) is 6.07 Å². The number of rotatable bonds is 4. The number of carbonyl (C=O) groups is 1. The molecule has 1 aromatic rings. The largest absolute Gasteiger partial charge is 0.483 e. The molecule has 0 saturated heterocycles. The lowest BCUT2D eigenvalue weighted by molar-refractivity contribution is -0.384. The quantitative estimate of drug-likeness (QED) is 0.480. The van der Waals surface area contributed by atoms with Crippen LogP contribution in [0.25, 0.3) is 0 Å². The number of benzene rings is 1. The van der Waals surface area contributed by atoms with Crippen molar-refractivity contribution in [2.24, 2.45) is 0 Å². The van der Waals surface area contributed by atoms with Crippen LogP contribution >= 0.6 is 0 Å². The van der Waals surface area contributed by atoms with Crippen molar-refractivity contribution in [1.29, 1.82) is 0 Å². The molecule has 0 aliphatic heterocycles. The van der Waals surface area contributed by atoms with E-state index in [4.69, 9.17) is 0 Å². The Morgan fingerprint density at radius 2 is 2.05 bits per heavy atom. The lowest BCUT2D eigenvalue weighted by Crippen LogP contribution is -2.20. The molecule has 0 unspecified atom stereocenters. The smallest absolute Gasteiger partial charge is 0.422 e. The third-order valence-electron chi connectivity index (χ3n) is 1.97. The summed E-state index contributed by atoms with van der Waals surface area (Å²) in [6.07, 6.45) is -4.59. The number of carbonyl (C=O) groups excluding carboxylic acids is 1. The Balaban J connectivity index is 3.09. The Morgan fingerprint density at radius 1 is 1.42 bits per heavy atom. The summed E-state index contributed by atoms with van der Waals surface area (Å²) in [5.74, 6) is -1.46. The molecule has 9 heteroatoms. The Morgan fingerprint density at radius 3 is 2.53 bits per heavy atom. The topological polar surface area (TPSA) is 78.7 Å². The van der Waals surface area contributed by atoms with E-state index in [1.807, 2.05) is 0 Å². The van der Waals surface area contributed by atoms with Crippen molar-refractivity contribution in [1.82, 2.24) is 0 Å². The summed E-state index contributed by atoms with van der Waals surface area (Å²) >= 11 is 0. The molecule has 0 heterocycles. The van der Waals surface area contributed by atoms with Gasteiger partial charge in [0.25, 0.3) is 5.69 Å². The normalized spacial score (nSPS) is 10.9. The maximum absolute atomic E-state index is 12.0. The van der Waals surface area contributed by atoms with Gasteiger partial charge in [0.1, 0.15) is 11.3 Å². The lowest BCUT2D eigenvalue weighted by atomic mass is 10.2. The maximum atomic E-state index is 12.0. The van der Waals surface area contributed by atoms with Crippen molar-refractivity contribution in [3.63, 3.8) is 0 Å². The molecule has 104 valence electrons. The van der Waals surface area contributed by atoms with Gasteiger partial charge in [0.05, 0.1) is 12.0 Å². The van der Waals surface area contributed by atoms with Crippen LogP contribution in [0.4, 0.5) is 18.9 Å². The third kappa shape index (κ3) is 4.12. The number of nitro groups is 1. The number of methoxy groups -OCH3 is 1. The first-order valence-electron chi connectivity index (χ1n) is 4.81. The number of nitro benzene ring substituents is 1. The van der Waals surface area contributed by atoms with Crippen molar-refractivity contribution >= 4 is 11.7 Å². The summed E-state index contributed by atoms with van der Waals surface area (Å²) in [6.45, 7) is -1.62. The van der Waals surface area contributed by atoms with E-state index in [2.05, 4.69) is 9.47 Å². The van der Waals surface area contributed by atoms with Gasteiger partial charge in [-0.3, -0.25) is 10.1 Å². The fourth-order valence-corrected chi connectivity index (χ4v) is 1.19. The summed E-state index contributed by atoms with van der Waals surface area (Å²) < 4.78 is 44.8. The molecule has 0 radical (unpaired) electrons. The molecule has 0 N–H and O–H groups in total. The Kier molecular flexibility index (Phi) is 4.30. The molecule has 0 aromatic heterocycles. The van der Waals surface area contributed by atoms with E-state index in [-0.39, 0.29) is 0 Å². The second kappa shape index (κ2) is 5.55. The zero-order chi connectivity index (χ0) is 14.6. The second-order valence-electron chi connectivity index (χ2n) is 3.33. The average molecular weight is 279 g/mol. The van der Waals surface area contributed by atoms with Crippen LogP contribution in [-0.2, 0) is 4.74 Å². The number of halogens is 3. The minimum absolute atomic E-state index is 0.435. The molecular formula is C10H8F3NO5. The molecule has 1 rings (SSSR count). The van der Waals surface area contributed by atoms with Crippen LogP contribution in [0.3, 0.4) is 0 Å². The first-order valence-corrected chi connectivity index (χ1v) is 4.81. The highest BCUT2D eigenvalue weighted by Crippen LogP contribution is 2.26. The van der Waals surface area contributed by atoms with Crippen molar-refractivity contribution in [2.45, 2.75) is 6.18 Å². The van der Waals surface area contributed by atoms with Gasteiger partial charge in [0, 0.05) is 12.1 Å². The van der Waals surface area contributed by atoms with E-state index < -0.39 is 40.7 Å². The zero-order valence-corrected chi connectivity index (χ0v) is 9.56. The molecule has 0 fully saturated rings. The van der Waals surface area contributed by atoms with E-state index in [9.17, 15) is 28.1 Å². The fourth-order valence-electron chi connectivity index (χ4n) is 1.19. The highest BCUT2D eigenvalue weighted by molar-refractivity contribution is 5.93. The standard InChI is InChI=1S/C10H8F3NO5/c1-18-9(15)7-4-6(14(16)17)2-3-8(7)19-5-10(11,12)13/h2-4H,5H2,1H3. The minimum Gasteiger partial charge on any atom is -0.483 e. The lowest BCUT2D eigenvalue weighted by Gasteiger charge is -2.11. The average Bonchev–Trinajstić information content (AvgIpc) is 2.34. The van der Waals surface area contributed by atoms with Crippen molar-refractivity contribution in [3.8, 4) is 5.75 Å². The molecule has 0 bridgehead atoms. The van der Waals surface area contributed by atoms with Gasteiger partial charge >= 0.3 is 12.1 Å².